The lowest BCUT2D eigenvalue weighted by Crippen LogP contribution is -2.47. The van der Waals surface area contributed by atoms with Crippen molar-refractivity contribution in [3.8, 4) is 16.3 Å². The molecule has 1 aromatic heterocycles. The van der Waals surface area contributed by atoms with Gasteiger partial charge in [0.15, 0.2) is 0 Å². The monoisotopic (exact) mass is 388 g/mol. The molecule has 0 radical (unpaired) electrons. The first-order chi connectivity index (χ1) is 12.8. The summed E-state index contributed by atoms with van der Waals surface area (Å²) in [6, 6.07) is 7.04. The van der Waals surface area contributed by atoms with Gasteiger partial charge in [-0.1, -0.05) is 32.1 Å². The van der Waals surface area contributed by atoms with Gasteiger partial charge >= 0.3 is 0 Å². The Hall–Kier alpha value is -2.48. The number of hydrogen-bond donors (Lipinski definition) is 1. The van der Waals surface area contributed by atoms with Gasteiger partial charge in [-0.05, 0) is 37.1 Å². The topological polar surface area (TPSA) is 84.4 Å². The summed E-state index contributed by atoms with van der Waals surface area (Å²) in [5.74, 6) is 0.556. The van der Waals surface area contributed by atoms with E-state index in [1.807, 2.05) is 45.0 Å². The second kappa shape index (κ2) is 7.64. The van der Waals surface area contributed by atoms with Crippen molar-refractivity contribution in [2.45, 2.75) is 39.7 Å². The van der Waals surface area contributed by atoms with Gasteiger partial charge in [-0.15, -0.1) is 10.2 Å². The Labute approximate surface area is 162 Å². The van der Waals surface area contributed by atoms with E-state index in [9.17, 15) is 9.59 Å². The van der Waals surface area contributed by atoms with E-state index in [-0.39, 0.29) is 11.8 Å². The van der Waals surface area contributed by atoms with E-state index in [2.05, 4.69) is 15.5 Å². The van der Waals surface area contributed by atoms with Crippen LogP contribution in [0, 0.1) is 5.41 Å². The molecule has 0 spiro atoms. The van der Waals surface area contributed by atoms with Crippen LogP contribution in [0.25, 0.3) is 10.6 Å². The molecule has 2 amide bonds. The molecule has 0 saturated carbocycles. The third-order valence-electron chi connectivity index (χ3n) is 4.45. The zero-order chi connectivity index (χ0) is 19.6. The van der Waals surface area contributed by atoms with Crippen LogP contribution in [0.3, 0.4) is 0 Å². The number of carbonyl (C=O) groups is 2. The van der Waals surface area contributed by atoms with Crippen LogP contribution < -0.4 is 10.1 Å². The fourth-order valence-electron chi connectivity index (χ4n) is 3.03. The second-order valence-electron chi connectivity index (χ2n) is 7.54. The van der Waals surface area contributed by atoms with Gasteiger partial charge in [0.05, 0.1) is 7.11 Å². The molecule has 1 fully saturated rings. The molecule has 0 unspecified atom stereocenters. The van der Waals surface area contributed by atoms with Crippen molar-refractivity contribution in [3.05, 3.63) is 24.3 Å². The molecule has 8 heteroatoms. The van der Waals surface area contributed by atoms with Crippen molar-refractivity contribution in [1.29, 1.82) is 0 Å². The molecule has 0 aliphatic carbocycles. The Morgan fingerprint density at radius 3 is 2.56 bits per heavy atom. The molecule has 1 aliphatic heterocycles. The Kier molecular flexibility index (Phi) is 5.46. The number of nitrogens with one attached hydrogen (secondary N) is 1. The molecule has 7 nitrogen and oxygen atoms in total. The average molecular weight is 388 g/mol. The molecular weight excluding hydrogens is 364 g/mol. The minimum absolute atomic E-state index is 0.00339. The Bertz CT molecular complexity index is 826. The van der Waals surface area contributed by atoms with E-state index >= 15 is 0 Å². The van der Waals surface area contributed by atoms with Crippen LogP contribution in [0.2, 0.25) is 0 Å². The van der Waals surface area contributed by atoms with Gasteiger partial charge in [0.25, 0.3) is 0 Å². The van der Waals surface area contributed by atoms with E-state index in [0.29, 0.717) is 23.1 Å². The first-order valence-corrected chi connectivity index (χ1v) is 9.71. The lowest BCUT2D eigenvalue weighted by molar-refractivity contribution is -0.143. The van der Waals surface area contributed by atoms with Crippen molar-refractivity contribution in [2.75, 3.05) is 19.0 Å². The van der Waals surface area contributed by atoms with Gasteiger partial charge in [0.2, 0.25) is 16.9 Å². The molecule has 0 bridgehead atoms. The molecule has 1 N–H and O–H groups in total. The second-order valence-corrected chi connectivity index (χ2v) is 8.51. The molecule has 2 heterocycles. The van der Waals surface area contributed by atoms with Crippen LogP contribution in [0.5, 0.6) is 5.75 Å². The Balaban J connectivity index is 1.69. The zero-order valence-corrected chi connectivity index (χ0v) is 16.8. The van der Waals surface area contributed by atoms with Crippen LogP contribution >= 0.6 is 11.3 Å². The number of rotatable bonds is 4. The van der Waals surface area contributed by atoms with Crippen molar-refractivity contribution < 1.29 is 14.3 Å². The van der Waals surface area contributed by atoms with Crippen LogP contribution in [0.1, 0.15) is 33.6 Å². The highest BCUT2D eigenvalue weighted by Crippen LogP contribution is 2.29. The normalized spacial score (nSPS) is 17.0. The van der Waals surface area contributed by atoms with Crippen LogP contribution in [0.15, 0.2) is 24.3 Å². The average Bonchev–Trinajstić information content (AvgIpc) is 3.29. The predicted molar refractivity (Wildman–Crippen MR) is 105 cm³/mol. The summed E-state index contributed by atoms with van der Waals surface area (Å²) in [4.78, 5) is 27.0. The van der Waals surface area contributed by atoms with Gasteiger partial charge in [-0.25, -0.2) is 0 Å². The summed E-state index contributed by atoms with van der Waals surface area (Å²) in [6.45, 7) is 6.22. The fraction of sp³-hybridized carbons (Fsp3) is 0.474. The first-order valence-electron chi connectivity index (χ1n) is 8.89. The third kappa shape index (κ3) is 4.27. The van der Waals surface area contributed by atoms with E-state index in [4.69, 9.17) is 4.74 Å². The number of carbonyl (C=O) groups excluding carboxylic acids is 2. The molecule has 3 rings (SSSR count). The number of ether oxygens (including phenoxy) is 1. The number of methoxy groups -OCH3 is 1. The summed E-state index contributed by atoms with van der Waals surface area (Å²) >= 11 is 1.30. The summed E-state index contributed by atoms with van der Waals surface area (Å²) in [5, 5.41) is 12.2. The van der Waals surface area contributed by atoms with Gasteiger partial charge in [0, 0.05) is 17.5 Å². The molecule has 1 saturated heterocycles. The van der Waals surface area contributed by atoms with Crippen LogP contribution in [-0.4, -0.2) is 46.6 Å². The van der Waals surface area contributed by atoms with Gasteiger partial charge < -0.3 is 9.64 Å². The van der Waals surface area contributed by atoms with Gasteiger partial charge in [-0.3, -0.25) is 14.9 Å². The summed E-state index contributed by atoms with van der Waals surface area (Å²) < 4.78 is 5.15. The predicted octanol–water partition coefficient (Wildman–Crippen LogP) is 3.19. The zero-order valence-electron chi connectivity index (χ0n) is 16.0. The van der Waals surface area contributed by atoms with Crippen LogP contribution in [-0.2, 0) is 9.59 Å². The van der Waals surface area contributed by atoms with E-state index in [1.165, 1.54) is 11.3 Å². The Morgan fingerprint density at radius 1 is 1.22 bits per heavy atom. The SMILES string of the molecule is COc1ccc(-c2nnc(NC(=O)[C@H]3CCCN3C(=O)C(C)(C)C)s2)cc1. The van der Waals surface area contributed by atoms with E-state index < -0.39 is 11.5 Å². The highest BCUT2D eigenvalue weighted by Gasteiger charge is 2.38. The van der Waals surface area contributed by atoms with Gasteiger partial charge in [-0.2, -0.15) is 0 Å². The van der Waals surface area contributed by atoms with Crippen molar-refractivity contribution in [2.24, 2.45) is 5.41 Å². The maximum Gasteiger partial charge on any atom is 0.249 e. The highest BCUT2D eigenvalue weighted by atomic mass is 32.1. The summed E-state index contributed by atoms with van der Waals surface area (Å²) in [6.07, 6.45) is 1.49. The fourth-order valence-corrected chi connectivity index (χ4v) is 3.78. The smallest absolute Gasteiger partial charge is 0.249 e. The number of aromatic nitrogens is 2. The largest absolute Gasteiger partial charge is 0.497 e. The number of nitrogens with zero attached hydrogens (tertiary/aromatic N) is 3. The number of hydrogen-bond acceptors (Lipinski definition) is 6. The maximum atomic E-state index is 12.7. The minimum Gasteiger partial charge on any atom is -0.497 e. The molecule has 1 aliphatic rings. The molecule has 1 atom stereocenters. The molecule has 2 aromatic rings. The van der Waals surface area contributed by atoms with E-state index in [0.717, 1.165) is 17.7 Å². The first kappa shape index (κ1) is 19.3. The number of likely N-dealkylation sites (tertiary alicyclic amines) is 1. The Morgan fingerprint density at radius 2 is 1.93 bits per heavy atom. The third-order valence-corrected chi connectivity index (χ3v) is 5.34. The summed E-state index contributed by atoms with van der Waals surface area (Å²) in [7, 11) is 1.62. The molecule has 1 aromatic carbocycles. The standard InChI is InChI=1S/C19H24N4O3S/c1-19(2,3)17(25)23-11-5-6-14(23)15(24)20-18-22-21-16(27-18)12-7-9-13(26-4)10-8-12/h7-10,14H,5-6,11H2,1-4H3,(H,20,22,24)/t14-/m1/s1. The number of anilines is 1. The molecular formula is C19H24N4O3S. The lowest BCUT2D eigenvalue weighted by Gasteiger charge is -2.29. The van der Waals surface area contributed by atoms with Gasteiger partial charge in [0.1, 0.15) is 16.8 Å². The molecule has 27 heavy (non-hydrogen) atoms. The number of amides is 2. The highest BCUT2D eigenvalue weighted by molar-refractivity contribution is 7.18. The van der Waals surface area contributed by atoms with Crippen molar-refractivity contribution in [1.82, 2.24) is 15.1 Å². The van der Waals surface area contributed by atoms with Crippen molar-refractivity contribution >= 4 is 28.3 Å². The minimum atomic E-state index is -0.507. The molecule has 144 valence electrons. The lowest BCUT2D eigenvalue weighted by atomic mass is 9.94. The van der Waals surface area contributed by atoms with Crippen molar-refractivity contribution in [3.63, 3.8) is 0 Å². The number of benzene rings is 1. The quantitative estimate of drug-likeness (QED) is 0.869. The summed E-state index contributed by atoms with van der Waals surface area (Å²) in [5.41, 5.74) is 0.395. The van der Waals surface area contributed by atoms with E-state index in [1.54, 1.807) is 12.0 Å². The maximum absolute atomic E-state index is 12.7. The van der Waals surface area contributed by atoms with Crippen LogP contribution in [0.4, 0.5) is 5.13 Å².